The van der Waals surface area contributed by atoms with E-state index in [1.54, 1.807) is 6.92 Å². The van der Waals surface area contributed by atoms with E-state index in [4.69, 9.17) is 0 Å². The number of carbonyl (C=O) groups is 3. The summed E-state index contributed by atoms with van der Waals surface area (Å²) in [7, 11) is 0. The Labute approximate surface area is 132 Å². The summed E-state index contributed by atoms with van der Waals surface area (Å²) in [5.74, 6) is 0.549. The zero-order valence-electron chi connectivity index (χ0n) is 13.6. The second-order valence-electron chi connectivity index (χ2n) is 6.92. The average molecular weight is 306 g/mol. The van der Waals surface area contributed by atoms with Gasteiger partial charge in [-0.25, -0.2) is 0 Å². The third-order valence-corrected chi connectivity index (χ3v) is 5.23. The third-order valence-electron chi connectivity index (χ3n) is 5.23. The summed E-state index contributed by atoms with van der Waals surface area (Å²) in [5.41, 5.74) is 1.40. The monoisotopic (exact) mass is 306 g/mol. The van der Waals surface area contributed by atoms with Crippen LogP contribution in [0.3, 0.4) is 0 Å². The second-order valence-corrected chi connectivity index (χ2v) is 6.92. The maximum atomic E-state index is 12.2. The molecular weight excluding hydrogens is 280 g/mol. The standard InChI is InChI=1S/C18H26O4/c1-12(19)4-3-5-13(20)6-7-14-15-8-9-17(22)18(15,2)11-10-16(14)21/h13,20H,3-11H2,1-2H3/t13?,18-/m1/s1. The minimum atomic E-state index is -0.481. The maximum absolute atomic E-state index is 12.2. The van der Waals surface area contributed by atoms with Gasteiger partial charge in [-0.05, 0) is 63.5 Å². The number of aliphatic hydroxyl groups excluding tert-OH is 1. The second kappa shape index (κ2) is 6.86. The molecular formula is C18H26O4. The fraction of sp³-hybridized carbons (Fsp3) is 0.722. The number of hydrogen-bond donors (Lipinski definition) is 1. The lowest BCUT2D eigenvalue weighted by atomic mass is 9.71. The van der Waals surface area contributed by atoms with Crippen LogP contribution in [-0.4, -0.2) is 28.6 Å². The summed E-state index contributed by atoms with van der Waals surface area (Å²) in [5, 5.41) is 10.0. The number of fused-ring (bicyclic) bond motifs is 1. The van der Waals surface area contributed by atoms with E-state index in [2.05, 4.69) is 0 Å². The van der Waals surface area contributed by atoms with Crippen LogP contribution in [0.4, 0.5) is 0 Å². The van der Waals surface area contributed by atoms with Gasteiger partial charge in [0.25, 0.3) is 0 Å². The molecule has 2 rings (SSSR count). The first kappa shape index (κ1) is 17.1. The number of rotatable bonds is 7. The van der Waals surface area contributed by atoms with Gasteiger partial charge in [0.15, 0.2) is 5.78 Å². The molecule has 0 radical (unpaired) electrons. The van der Waals surface area contributed by atoms with Crippen molar-refractivity contribution in [2.75, 3.05) is 0 Å². The Balaban J connectivity index is 1.97. The molecule has 1 unspecified atom stereocenters. The van der Waals surface area contributed by atoms with Crippen molar-refractivity contribution in [2.24, 2.45) is 5.41 Å². The molecule has 22 heavy (non-hydrogen) atoms. The van der Waals surface area contributed by atoms with Gasteiger partial charge in [0.05, 0.1) is 6.10 Å². The highest BCUT2D eigenvalue weighted by atomic mass is 16.3. The molecule has 4 heteroatoms. The summed E-state index contributed by atoms with van der Waals surface area (Å²) in [6.45, 7) is 3.52. The van der Waals surface area contributed by atoms with E-state index in [9.17, 15) is 19.5 Å². The molecule has 1 saturated carbocycles. The molecule has 1 N–H and O–H groups in total. The number of hydrogen-bond acceptors (Lipinski definition) is 4. The molecule has 2 atom stereocenters. The van der Waals surface area contributed by atoms with Gasteiger partial charge in [-0.3, -0.25) is 9.59 Å². The van der Waals surface area contributed by atoms with Gasteiger partial charge in [0, 0.05) is 24.7 Å². The molecule has 2 aliphatic carbocycles. The van der Waals surface area contributed by atoms with E-state index in [1.807, 2.05) is 6.92 Å². The van der Waals surface area contributed by atoms with Crippen molar-refractivity contribution < 1.29 is 19.5 Å². The molecule has 0 heterocycles. The van der Waals surface area contributed by atoms with Crippen LogP contribution in [0.2, 0.25) is 0 Å². The van der Waals surface area contributed by atoms with Gasteiger partial charge in [-0.15, -0.1) is 0 Å². The average Bonchev–Trinajstić information content (AvgIpc) is 2.74. The lowest BCUT2D eigenvalue weighted by Gasteiger charge is -2.31. The van der Waals surface area contributed by atoms with E-state index < -0.39 is 11.5 Å². The van der Waals surface area contributed by atoms with Crippen LogP contribution < -0.4 is 0 Å². The Hall–Kier alpha value is -1.29. The molecule has 0 aromatic rings. The lowest BCUT2D eigenvalue weighted by Crippen LogP contribution is -2.30. The summed E-state index contributed by atoms with van der Waals surface area (Å²) in [6, 6.07) is 0. The van der Waals surface area contributed by atoms with E-state index in [0.29, 0.717) is 57.8 Å². The van der Waals surface area contributed by atoms with Crippen LogP contribution >= 0.6 is 0 Å². The van der Waals surface area contributed by atoms with Crippen LogP contribution in [0, 0.1) is 5.41 Å². The zero-order chi connectivity index (χ0) is 16.3. The highest BCUT2D eigenvalue weighted by Gasteiger charge is 2.46. The third kappa shape index (κ3) is 3.54. The molecule has 0 bridgehead atoms. The number of aliphatic hydroxyl groups is 1. The van der Waals surface area contributed by atoms with Crippen LogP contribution in [0.25, 0.3) is 0 Å². The van der Waals surface area contributed by atoms with Gasteiger partial charge in [0.1, 0.15) is 11.6 Å². The lowest BCUT2D eigenvalue weighted by molar-refractivity contribution is -0.125. The Morgan fingerprint density at radius 2 is 1.95 bits per heavy atom. The highest BCUT2D eigenvalue weighted by Crippen LogP contribution is 2.49. The summed E-state index contributed by atoms with van der Waals surface area (Å²) >= 11 is 0. The maximum Gasteiger partial charge on any atom is 0.158 e. The molecule has 0 spiro atoms. The first-order chi connectivity index (χ1) is 10.3. The first-order valence-electron chi connectivity index (χ1n) is 8.31. The minimum Gasteiger partial charge on any atom is -0.393 e. The molecule has 0 saturated heterocycles. The quantitative estimate of drug-likeness (QED) is 0.785. The highest BCUT2D eigenvalue weighted by molar-refractivity contribution is 6.02. The Morgan fingerprint density at radius 3 is 2.64 bits per heavy atom. The van der Waals surface area contributed by atoms with Gasteiger partial charge in [0.2, 0.25) is 0 Å². The fourth-order valence-electron chi connectivity index (χ4n) is 3.75. The fourth-order valence-corrected chi connectivity index (χ4v) is 3.75. The molecule has 2 aliphatic rings. The molecule has 0 aromatic carbocycles. The Bertz CT molecular complexity index is 517. The van der Waals surface area contributed by atoms with E-state index in [1.165, 1.54) is 0 Å². The molecule has 4 nitrogen and oxygen atoms in total. The largest absolute Gasteiger partial charge is 0.393 e. The normalized spacial score (nSPS) is 26.3. The van der Waals surface area contributed by atoms with Crippen LogP contribution in [0.1, 0.15) is 71.6 Å². The molecule has 0 amide bonds. The van der Waals surface area contributed by atoms with Crippen molar-refractivity contribution >= 4 is 17.3 Å². The topological polar surface area (TPSA) is 71.4 Å². The van der Waals surface area contributed by atoms with Crippen molar-refractivity contribution in [1.29, 1.82) is 0 Å². The van der Waals surface area contributed by atoms with Gasteiger partial charge < -0.3 is 9.90 Å². The van der Waals surface area contributed by atoms with Gasteiger partial charge in [-0.1, -0.05) is 0 Å². The van der Waals surface area contributed by atoms with Crippen molar-refractivity contribution in [1.82, 2.24) is 0 Å². The number of allylic oxidation sites excluding steroid dienone is 2. The molecule has 0 aromatic heterocycles. The number of ketones is 3. The molecule has 0 aliphatic heterocycles. The molecule has 1 fully saturated rings. The smallest absolute Gasteiger partial charge is 0.158 e. The van der Waals surface area contributed by atoms with E-state index in [0.717, 1.165) is 11.1 Å². The van der Waals surface area contributed by atoms with Gasteiger partial charge in [-0.2, -0.15) is 0 Å². The van der Waals surface area contributed by atoms with Crippen molar-refractivity contribution in [3.05, 3.63) is 11.1 Å². The SMILES string of the molecule is CC(=O)CCCC(O)CCC1=C2CCC(=O)[C@]2(C)CCC1=O. The van der Waals surface area contributed by atoms with Gasteiger partial charge >= 0.3 is 0 Å². The van der Waals surface area contributed by atoms with Crippen molar-refractivity contribution in [3.8, 4) is 0 Å². The predicted molar refractivity (Wildman–Crippen MR) is 83.4 cm³/mol. The van der Waals surface area contributed by atoms with Crippen molar-refractivity contribution in [2.45, 2.75) is 77.7 Å². The zero-order valence-corrected chi connectivity index (χ0v) is 13.6. The summed E-state index contributed by atoms with van der Waals surface area (Å²) < 4.78 is 0. The molecule has 122 valence electrons. The van der Waals surface area contributed by atoms with Crippen LogP contribution in [0.15, 0.2) is 11.1 Å². The van der Waals surface area contributed by atoms with Crippen LogP contribution in [0.5, 0.6) is 0 Å². The van der Waals surface area contributed by atoms with E-state index in [-0.39, 0.29) is 17.3 Å². The first-order valence-corrected chi connectivity index (χ1v) is 8.31. The Kier molecular flexibility index (Phi) is 5.32. The summed E-state index contributed by atoms with van der Waals surface area (Å²) in [4.78, 5) is 35.2. The van der Waals surface area contributed by atoms with Crippen molar-refractivity contribution in [3.63, 3.8) is 0 Å². The Morgan fingerprint density at radius 1 is 1.23 bits per heavy atom. The van der Waals surface area contributed by atoms with E-state index >= 15 is 0 Å². The number of carbonyl (C=O) groups excluding carboxylic acids is 3. The van der Waals surface area contributed by atoms with Crippen LogP contribution in [-0.2, 0) is 14.4 Å². The predicted octanol–water partition coefficient (Wildman–Crippen LogP) is 2.92. The number of Topliss-reactive ketones (excluding diaryl/α,β-unsaturated/α-hetero) is 3. The minimum absolute atomic E-state index is 0.139. The summed E-state index contributed by atoms with van der Waals surface area (Å²) in [6.07, 6.45) is 4.72.